The van der Waals surface area contributed by atoms with Gasteiger partial charge in [-0.2, -0.15) is 0 Å². The van der Waals surface area contributed by atoms with Crippen molar-refractivity contribution < 1.29 is 9.72 Å². The van der Waals surface area contributed by atoms with Crippen molar-refractivity contribution in [3.8, 4) is 0 Å². The predicted molar refractivity (Wildman–Crippen MR) is 78.7 cm³/mol. The molecule has 1 aromatic heterocycles. The lowest BCUT2D eigenvalue weighted by molar-refractivity contribution is -0.385. The first-order valence-electron chi connectivity index (χ1n) is 7.14. The fraction of sp³-hybridized carbons (Fsp3) is 0.571. The molecule has 0 saturated heterocycles. The van der Waals surface area contributed by atoms with E-state index in [1.165, 1.54) is 6.07 Å². The maximum Gasteiger partial charge on any atom is 0.300 e. The molecular formula is C14H20N4O3. The van der Waals surface area contributed by atoms with Crippen LogP contribution in [0.3, 0.4) is 0 Å². The van der Waals surface area contributed by atoms with E-state index in [9.17, 15) is 14.9 Å². The summed E-state index contributed by atoms with van der Waals surface area (Å²) in [6.07, 6.45) is 4.08. The number of hydrogen-bond acceptors (Lipinski definition) is 5. The van der Waals surface area contributed by atoms with E-state index in [1.807, 2.05) is 0 Å². The first kappa shape index (κ1) is 15.2. The number of nitrogen functional groups attached to an aromatic ring is 1. The van der Waals surface area contributed by atoms with E-state index in [2.05, 4.69) is 24.1 Å². The minimum Gasteiger partial charge on any atom is -0.384 e. The lowest BCUT2D eigenvalue weighted by atomic mass is 9.93. The molecule has 7 nitrogen and oxygen atoms in total. The summed E-state index contributed by atoms with van der Waals surface area (Å²) >= 11 is 0. The summed E-state index contributed by atoms with van der Waals surface area (Å²) in [7, 11) is 0. The summed E-state index contributed by atoms with van der Waals surface area (Å²) < 4.78 is 0. The molecule has 1 aliphatic carbocycles. The average molecular weight is 292 g/mol. The summed E-state index contributed by atoms with van der Waals surface area (Å²) in [5.41, 5.74) is 5.18. The largest absolute Gasteiger partial charge is 0.384 e. The van der Waals surface area contributed by atoms with Crippen LogP contribution >= 0.6 is 0 Å². The number of rotatable bonds is 4. The summed E-state index contributed by atoms with van der Waals surface area (Å²) in [4.78, 5) is 26.4. The first-order valence-corrected chi connectivity index (χ1v) is 7.14. The van der Waals surface area contributed by atoms with Crippen molar-refractivity contribution in [1.29, 1.82) is 0 Å². The second kappa shape index (κ2) is 6.07. The molecule has 3 unspecified atom stereocenters. The van der Waals surface area contributed by atoms with E-state index in [1.54, 1.807) is 0 Å². The Morgan fingerprint density at radius 1 is 1.57 bits per heavy atom. The fourth-order valence-electron chi connectivity index (χ4n) is 3.07. The molecule has 1 aliphatic rings. The van der Waals surface area contributed by atoms with Crippen molar-refractivity contribution in [3.05, 3.63) is 27.9 Å². The zero-order valence-corrected chi connectivity index (χ0v) is 12.2. The van der Waals surface area contributed by atoms with Crippen LogP contribution in [-0.2, 0) is 0 Å². The Kier molecular flexibility index (Phi) is 4.40. The van der Waals surface area contributed by atoms with Crippen LogP contribution in [0.4, 0.5) is 11.5 Å². The normalized spacial score (nSPS) is 24.8. The minimum absolute atomic E-state index is 0.0281. The van der Waals surface area contributed by atoms with Gasteiger partial charge in [0.15, 0.2) is 0 Å². The number of nitro groups is 1. The summed E-state index contributed by atoms with van der Waals surface area (Å²) in [6, 6.07) is 1.31. The van der Waals surface area contributed by atoms with Gasteiger partial charge in [-0.15, -0.1) is 0 Å². The van der Waals surface area contributed by atoms with Crippen LogP contribution in [-0.4, -0.2) is 21.9 Å². The zero-order chi connectivity index (χ0) is 15.6. The fourth-order valence-corrected chi connectivity index (χ4v) is 3.07. The minimum atomic E-state index is -0.617. The second-order valence-corrected chi connectivity index (χ2v) is 5.57. The van der Waals surface area contributed by atoms with Gasteiger partial charge in [-0.25, -0.2) is 4.98 Å². The number of anilines is 1. The van der Waals surface area contributed by atoms with Gasteiger partial charge in [0.1, 0.15) is 17.6 Å². The number of hydrogen-bond donors (Lipinski definition) is 2. The number of carbonyl (C=O) groups is 1. The van der Waals surface area contributed by atoms with Gasteiger partial charge in [-0.1, -0.05) is 20.3 Å². The van der Waals surface area contributed by atoms with E-state index in [4.69, 9.17) is 5.73 Å². The van der Waals surface area contributed by atoms with Gasteiger partial charge in [0.2, 0.25) is 0 Å². The molecule has 1 aromatic rings. The third kappa shape index (κ3) is 3.12. The maximum atomic E-state index is 12.3. The monoisotopic (exact) mass is 292 g/mol. The van der Waals surface area contributed by atoms with Crippen LogP contribution < -0.4 is 11.1 Å². The second-order valence-electron chi connectivity index (χ2n) is 5.57. The number of nitrogens with one attached hydrogen (secondary N) is 1. The molecular weight excluding hydrogens is 272 g/mol. The van der Waals surface area contributed by atoms with Crippen molar-refractivity contribution in [3.63, 3.8) is 0 Å². The number of nitrogens with two attached hydrogens (primary N) is 1. The highest BCUT2D eigenvalue weighted by molar-refractivity contribution is 5.98. The molecule has 7 heteroatoms. The Balaban J connectivity index is 2.18. The van der Waals surface area contributed by atoms with Crippen molar-refractivity contribution in [1.82, 2.24) is 10.3 Å². The number of aromatic nitrogens is 1. The molecule has 0 aromatic carbocycles. The van der Waals surface area contributed by atoms with E-state index in [0.29, 0.717) is 11.8 Å². The van der Waals surface area contributed by atoms with Gasteiger partial charge in [-0.05, 0) is 30.7 Å². The topological polar surface area (TPSA) is 111 Å². The van der Waals surface area contributed by atoms with Crippen molar-refractivity contribution in [2.45, 2.75) is 39.2 Å². The summed E-state index contributed by atoms with van der Waals surface area (Å²) in [6.45, 7) is 4.25. The molecule has 0 aliphatic heterocycles. The van der Waals surface area contributed by atoms with Crippen LogP contribution in [0.15, 0.2) is 12.3 Å². The van der Waals surface area contributed by atoms with Crippen LogP contribution in [0.5, 0.6) is 0 Å². The summed E-state index contributed by atoms with van der Waals surface area (Å²) in [5, 5.41) is 13.9. The molecule has 1 heterocycles. The molecule has 0 radical (unpaired) electrons. The molecule has 3 atom stereocenters. The first-order chi connectivity index (χ1) is 9.93. The molecule has 0 bridgehead atoms. The van der Waals surface area contributed by atoms with Crippen molar-refractivity contribution in [2.75, 3.05) is 5.73 Å². The van der Waals surface area contributed by atoms with E-state index < -0.39 is 10.8 Å². The standard InChI is InChI=1S/C14H20N4O3/c1-3-9-4-5-11(8(9)2)17-14(19)10-6-13(15)16-7-12(10)18(20)21/h6-9,11H,3-5H2,1-2H3,(H2,15,16)(H,17,19). The predicted octanol–water partition coefficient (Wildman–Crippen LogP) is 2.13. The number of pyridine rings is 1. The Labute approximate surface area is 123 Å². The van der Waals surface area contributed by atoms with Crippen molar-refractivity contribution in [2.24, 2.45) is 11.8 Å². The van der Waals surface area contributed by atoms with Gasteiger partial charge < -0.3 is 11.1 Å². The van der Waals surface area contributed by atoms with E-state index in [-0.39, 0.29) is 23.1 Å². The Morgan fingerprint density at radius 3 is 2.86 bits per heavy atom. The number of carbonyl (C=O) groups excluding carboxylic acids is 1. The smallest absolute Gasteiger partial charge is 0.300 e. The average Bonchev–Trinajstić information content (AvgIpc) is 2.79. The Hall–Kier alpha value is -2.18. The number of nitrogens with zero attached hydrogens (tertiary/aromatic N) is 2. The third-order valence-electron chi connectivity index (χ3n) is 4.41. The van der Waals surface area contributed by atoms with Crippen LogP contribution in [0, 0.1) is 22.0 Å². The molecule has 114 valence electrons. The van der Waals surface area contributed by atoms with Gasteiger partial charge in [0, 0.05) is 6.04 Å². The SMILES string of the molecule is CCC1CCC(NC(=O)c2cc(N)ncc2[N+](=O)[O-])C1C. The molecule has 1 fully saturated rings. The highest BCUT2D eigenvalue weighted by Crippen LogP contribution is 2.34. The highest BCUT2D eigenvalue weighted by Gasteiger charge is 2.33. The lowest BCUT2D eigenvalue weighted by Gasteiger charge is -2.21. The Morgan fingerprint density at radius 2 is 2.29 bits per heavy atom. The van der Waals surface area contributed by atoms with Gasteiger partial charge in [0.25, 0.3) is 11.6 Å². The molecule has 1 amide bonds. The lowest BCUT2D eigenvalue weighted by Crippen LogP contribution is -2.37. The van der Waals surface area contributed by atoms with Gasteiger partial charge in [0.05, 0.1) is 4.92 Å². The Bertz CT molecular complexity index is 561. The van der Waals surface area contributed by atoms with Gasteiger partial charge >= 0.3 is 0 Å². The van der Waals surface area contributed by atoms with Crippen molar-refractivity contribution >= 4 is 17.4 Å². The number of amides is 1. The summed E-state index contributed by atoms with van der Waals surface area (Å²) in [5.74, 6) is 0.603. The third-order valence-corrected chi connectivity index (χ3v) is 4.41. The molecule has 0 spiro atoms. The maximum absolute atomic E-state index is 12.3. The van der Waals surface area contributed by atoms with Crippen LogP contribution in [0.2, 0.25) is 0 Å². The quantitative estimate of drug-likeness (QED) is 0.652. The van der Waals surface area contributed by atoms with E-state index >= 15 is 0 Å². The molecule has 21 heavy (non-hydrogen) atoms. The molecule has 3 N–H and O–H groups in total. The van der Waals surface area contributed by atoms with Gasteiger partial charge in [-0.3, -0.25) is 14.9 Å². The van der Waals surface area contributed by atoms with E-state index in [0.717, 1.165) is 25.5 Å². The van der Waals surface area contributed by atoms with Crippen LogP contribution in [0.25, 0.3) is 0 Å². The highest BCUT2D eigenvalue weighted by atomic mass is 16.6. The zero-order valence-electron chi connectivity index (χ0n) is 12.2. The van der Waals surface area contributed by atoms with Crippen LogP contribution in [0.1, 0.15) is 43.5 Å². The molecule has 2 rings (SSSR count). The molecule has 1 saturated carbocycles.